The number of methoxy groups -OCH3 is 2. The van der Waals surface area contributed by atoms with E-state index in [-0.39, 0.29) is 6.29 Å². The van der Waals surface area contributed by atoms with Crippen LogP contribution in [0.4, 0.5) is 0 Å². The van der Waals surface area contributed by atoms with E-state index in [0.29, 0.717) is 32.8 Å². The molecule has 0 N–H and O–H groups in total. The summed E-state index contributed by atoms with van der Waals surface area (Å²) in [7, 11) is 3.22. The second-order valence-electron chi connectivity index (χ2n) is 1.26. The molecule has 1 unspecified atom stereocenters. The van der Waals surface area contributed by atoms with Crippen LogP contribution in [0.2, 0.25) is 0 Å². The van der Waals surface area contributed by atoms with Gasteiger partial charge in [0.25, 0.3) is 0 Å². The van der Waals surface area contributed by atoms with E-state index >= 15 is 0 Å². The molecule has 2 radical (unpaired) electrons. The van der Waals surface area contributed by atoms with Gasteiger partial charge in [0.15, 0.2) is 0 Å². The minimum atomic E-state index is -0.148. The van der Waals surface area contributed by atoms with Crippen LogP contribution in [-0.4, -0.2) is 53.3 Å². The monoisotopic (exact) mass is 314 g/mol. The number of rotatable bonds is 4. The van der Waals surface area contributed by atoms with Gasteiger partial charge in [0.05, 0.1) is 0 Å². The van der Waals surface area contributed by atoms with Gasteiger partial charge in [0, 0.05) is 0 Å². The predicted molar refractivity (Wildman–Crippen MR) is 30.9 cm³/mol. The zero-order valence-corrected chi connectivity index (χ0v) is 9.58. The number of hydrogen-bond donors (Lipinski definition) is 0. The molecule has 48 valence electrons. The van der Waals surface area contributed by atoms with Crippen molar-refractivity contribution in [3.05, 3.63) is 0 Å². The second-order valence-corrected chi connectivity index (χ2v) is 2.31. The van der Waals surface area contributed by atoms with Crippen LogP contribution in [0.15, 0.2) is 0 Å². The molecule has 0 saturated heterocycles. The van der Waals surface area contributed by atoms with Gasteiger partial charge in [-0.15, -0.1) is 0 Å². The van der Waals surface area contributed by atoms with Crippen LogP contribution >= 0.6 is 0 Å². The van der Waals surface area contributed by atoms with Crippen molar-refractivity contribution in [2.24, 2.45) is 0 Å². The van der Waals surface area contributed by atoms with Gasteiger partial charge in [-0.05, 0) is 0 Å². The maximum absolute atomic E-state index is 4.96. The molecule has 0 aliphatic heterocycles. The molecule has 4 heteroatoms. The third-order valence-corrected chi connectivity index (χ3v) is 1.90. The van der Waals surface area contributed by atoms with E-state index in [9.17, 15) is 0 Å². The Hall–Kier alpha value is 0.802. The van der Waals surface area contributed by atoms with Gasteiger partial charge < -0.3 is 0 Å². The molecular formula is C4H10O3Pb. The first-order valence-electron chi connectivity index (χ1n) is 2.22. The fourth-order valence-corrected chi connectivity index (χ4v) is 1.04. The summed E-state index contributed by atoms with van der Waals surface area (Å²) in [5, 5.41) is 0. The van der Waals surface area contributed by atoms with E-state index in [4.69, 9.17) is 12.2 Å². The molecule has 0 spiro atoms. The minimum absolute atomic E-state index is 0.148. The molecule has 0 aromatic heterocycles. The first kappa shape index (κ1) is 8.80. The maximum atomic E-state index is 4.96. The van der Waals surface area contributed by atoms with E-state index in [0.717, 1.165) is 0 Å². The van der Waals surface area contributed by atoms with Crippen molar-refractivity contribution < 1.29 is 12.2 Å². The Kier molecular flexibility index (Phi) is 6.52. The third-order valence-electron chi connectivity index (χ3n) is 0.717. The Labute approximate surface area is 65.6 Å². The van der Waals surface area contributed by atoms with Gasteiger partial charge >= 0.3 is 65.5 Å². The van der Waals surface area contributed by atoms with Crippen LogP contribution < -0.4 is 0 Å². The molecule has 0 aromatic rings. The summed E-state index contributed by atoms with van der Waals surface area (Å²) in [5.41, 5.74) is 0. The summed E-state index contributed by atoms with van der Waals surface area (Å²) in [4.78, 5) is 0. The van der Waals surface area contributed by atoms with Crippen molar-refractivity contribution in [3.8, 4) is 0 Å². The van der Waals surface area contributed by atoms with Gasteiger partial charge in [-0.3, -0.25) is 0 Å². The van der Waals surface area contributed by atoms with Gasteiger partial charge in [-0.1, -0.05) is 0 Å². The van der Waals surface area contributed by atoms with Gasteiger partial charge in [0.2, 0.25) is 0 Å². The van der Waals surface area contributed by atoms with Crippen LogP contribution in [0, 0.1) is 0 Å². The van der Waals surface area contributed by atoms with E-state index in [1.807, 2.05) is 0 Å². The fourth-order valence-electron chi connectivity index (χ4n) is 0.299. The van der Waals surface area contributed by atoms with Crippen LogP contribution in [0.25, 0.3) is 0 Å². The van der Waals surface area contributed by atoms with Crippen LogP contribution in [0.3, 0.4) is 0 Å². The topological polar surface area (TPSA) is 27.7 Å². The van der Waals surface area contributed by atoms with E-state index in [1.165, 1.54) is 0 Å². The summed E-state index contributed by atoms with van der Waals surface area (Å²) in [6.07, 6.45) is -0.148. The number of hydrogen-bond acceptors (Lipinski definition) is 3. The average Bonchev–Trinajstić information content (AvgIpc) is 1.83. The second kappa shape index (κ2) is 5.93. The van der Waals surface area contributed by atoms with Crippen molar-refractivity contribution in [2.75, 3.05) is 20.8 Å². The Morgan fingerprint density at radius 2 is 2.12 bits per heavy atom. The third kappa shape index (κ3) is 3.76. The first-order chi connectivity index (χ1) is 3.85. The molecule has 0 bridgehead atoms. The van der Waals surface area contributed by atoms with E-state index in [2.05, 4.69) is 0 Å². The summed E-state index contributed by atoms with van der Waals surface area (Å²) >= 11 is 0.514. The van der Waals surface area contributed by atoms with Crippen molar-refractivity contribution in [1.29, 1.82) is 0 Å². The Morgan fingerprint density at radius 1 is 1.50 bits per heavy atom. The van der Waals surface area contributed by atoms with E-state index in [1.54, 1.807) is 14.2 Å². The SMILES string of the molecule is COCC(OC)[O][PbH]. The van der Waals surface area contributed by atoms with Crippen LogP contribution in [0.1, 0.15) is 0 Å². The first-order valence-corrected chi connectivity index (χ1v) is 4.05. The molecule has 0 aromatic carbocycles. The molecule has 0 aliphatic rings. The van der Waals surface area contributed by atoms with Crippen molar-refractivity contribution in [1.82, 2.24) is 0 Å². The predicted octanol–water partition coefficient (Wildman–Crippen LogP) is -0.562. The van der Waals surface area contributed by atoms with Gasteiger partial charge in [-0.2, -0.15) is 0 Å². The molecule has 0 heterocycles. The summed E-state index contributed by atoms with van der Waals surface area (Å²) < 4.78 is 14.6. The Bertz CT molecular complexity index is 46.5. The van der Waals surface area contributed by atoms with Gasteiger partial charge in [0.1, 0.15) is 0 Å². The van der Waals surface area contributed by atoms with Crippen molar-refractivity contribution >= 4 is 26.2 Å². The molecule has 1 atom stereocenters. The van der Waals surface area contributed by atoms with E-state index < -0.39 is 0 Å². The molecule has 0 saturated carbocycles. The van der Waals surface area contributed by atoms with Crippen molar-refractivity contribution in [2.45, 2.75) is 6.29 Å². The number of ether oxygens (including phenoxy) is 2. The molecule has 8 heavy (non-hydrogen) atoms. The zero-order chi connectivity index (χ0) is 6.41. The summed E-state index contributed by atoms with van der Waals surface area (Å²) in [6.45, 7) is 0.521. The van der Waals surface area contributed by atoms with Crippen LogP contribution in [0.5, 0.6) is 0 Å². The Morgan fingerprint density at radius 3 is 2.25 bits per heavy atom. The Balaban J connectivity index is 3.07. The standard InChI is InChI=1S/C4H9O3.Pb.H/c1-6-3-4(5)7-2;;/h4H,3H2,1-2H3;;/q-1;+1;. The molecule has 0 amide bonds. The molecule has 0 aliphatic carbocycles. The summed E-state index contributed by atoms with van der Waals surface area (Å²) in [6, 6.07) is 0. The van der Waals surface area contributed by atoms with Gasteiger partial charge in [-0.25, -0.2) is 0 Å². The average molecular weight is 313 g/mol. The zero-order valence-electron chi connectivity index (χ0n) is 5.09. The molecule has 3 nitrogen and oxygen atoms in total. The normalized spacial score (nSPS) is 13.9. The summed E-state index contributed by atoms with van der Waals surface area (Å²) in [5.74, 6) is 0. The molecular weight excluding hydrogens is 303 g/mol. The van der Waals surface area contributed by atoms with Crippen LogP contribution in [-0.2, 0) is 12.2 Å². The molecule has 0 fully saturated rings. The quantitative estimate of drug-likeness (QED) is 0.514. The van der Waals surface area contributed by atoms with Crippen molar-refractivity contribution in [3.63, 3.8) is 0 Å². The molecule has 0 rings (SSSR count). The fraction of sp³-hybridized carbons (Fsp3) is 1.00.